The monoisotopic (exact) mass is 408 g/mol. The topological polar surface area (TPSA) is 75.9 Å². The van der Waals surface area contributed by atoms with Crippen LogP contribution in [0, 0.1) is 6.92 Å². The number of alkyl halides is 3. The van der Waals surface area contributed by atoms with Crippen molar-refractivity contribution in [2.75, 3.05) is 18.4 Å². The number of anilines is 2. The van der Waals surface area contributed by atoms with Gasteiger partial charge in [0.1, 0.15) is 0 Å². The van der Waals surface area contributed by atoms with Crippen molar-refractivity contribution in [3.05, 3.63) is 29.3 Å². The Hall–Kier alpha value is -2.65. The molecule has 0 unspecified atom stereocenters. The number of hydrogen-bond donors (Lipinski definition) is 1. The number of nitrogens with one attached hydrogen (secondary N) is 1. The van der Waals surface area contributed by atoms with Crippen molar-refractivity contribution >= 4 is 17.5 Å². The normalized spacial score (nSPS) is 20.2. The van der Waals surface area contributed by atoms with Crippen LogP contribution in [-0.2, 0) is 11.0 Å². The second-order valence-corrected chi connectivity index (χ2v) is 7.62. The van der Waals surface area contributed by atoms with Crippen LogP contribution >= 0.6 is 0 Å². The summed E-state index contributed by atoms with van der Waals surface area (Å²) < 4.78 is 41.5. The van der Waals surface area contributed by atoms with Crippen LogP contribution in [0.1, 0.15) is 61.5 Å². The van der Waals surface area contributed by atoms with Gasteiger partial charge in [0.25, 0.3) is 0 Å². The molecule has 0 radical (unpaired) electrons. The van der Waals surface area contributed by atoms with E-state index in [1.807, 2.05) is 24.7 Å². The average Bonchev–Trinajstić information content (AvgIpc) is 3.46. The van der Waals surface area contributed by atoms with Crippen LogP contribution in [0.2, 0.25) is 0 Å². The number of likely N-dealkylation sites (tertiary alicyclic amines) is 1. The Bertz CT molecular complexity index is 921. The molecule has 1 N–H and O–H groups in total. The van der Waals surface area contributed by atoms with E-state index in [0.29, 0.717) is 50.2 Å². The van der Waals surface area contributed by atoms with E-state index in [-0.39, 0.29) is 29.5 Å². The smallest absolute Gasteiger partial charge is 0.341 e. The zero-order chi connectivity index (χ0) is 20.8. The summed E-state index contributed by atoms with van der Waals surface area (Å²) >= 11 is 0. The quantitative estimate of drug-likeness (QED) is 0.814. The van der Waals surface area contributed by atoms with Crippen LogP contribution in [-0.4, -0.2) is 43.6 Å². The number of aromatic nitrogens is 4. The minimum Gasteiger partial charge on any atom is -0.341 e. The molecule has 1 saturated heterocycles. The molecule has 1 aliphatic heterocycles. The van der Waals surface area contributed by atoms with Crippen molar-refractivity contribution in [2.24, 2.45) is 0 Å². The zero-order valence-corrected chi connectivity index (χ0v) is 16.3. The summed E-state index contributed by atoms with van der Waals surface area (Å²) in [6.45, 7) is 5.01. The third-order valence-corrected chi connectivity index (χ3v) is 5.48. The Morgan fingerprint density at radius 2 is 2.03 bits per heavy atom. The van der Waals surface area contributed by atoms with Crippen molar-refractivity contribution in [1.29, 1.82) is 0 Å². The maximum absolute atomic E-state index is 13.2. The molecular formula is C19H23F3N6O. The average molecular weight is 408 g/mol. The Labute approximate surface area is 166 Å². The molecule has 7 nitrogen and oxygen atoms in total. The molecule has 29 heavy (non-hydrogen) atoms. The number of aryl methyl sites for hydroxylation is 1. The number of carbonyl (C=O) groups is 1. The molecule has 0 aromatic carbocycles. The molecule has 4 rings (SSSR count). The molecule has 2 aromatic rings. The number of halogens is 3. The van der Waals surface area contributed by atoms with Crippen LogP contribution in [0.15, 0.2) is 12.4 Å². The summed E-state index contributed by atoms with van der Waals surface area (Å²) in [7, 11) is 0. The lowest BCUT2D eigenvalue weighted by Gasteiger charge is -2.31. The van der Waals surface area contributed by atoms with Crippen LogP contribution < -0.4 is 5.32 Å². The fourth-order valence-corrected chi connectivity index (χ4v) is 3.67. The first-order valence-electron chi connectivity index (χ1n) is 9.81. The van der Waals surface area contributed by atoms with Gasteiger partial charge in [-0.05, 0) is 33.1 Å². The lowest BCUT2D eigenvalue weighted by Crippen LogP contribution is -2.40. The first kappa shape index (κ1) is 19.7. The molecule has 1 aliphatic carbocycles. The molecule has 10 heteroatoms. The largest absolute Gasteiger partial charge is 0.419 e. The molecule has 1 atom stereocenters. The molecule has 1 saturated carbocycles. The van der Waals surface area contributed by atoms with E-state index in [0.717, 1.165) is 6.20 Å². The number of likely N-dealkylation sites (N-methyl/N-ethyl adjacent to an activating group) is 1. The van der Waals surface area contributed by atoms with Gasteiger partial charge < -0.3 is 10.2 Å². The standard InChI is InChI=1S/C19H23F3N6O/c1-3-27-9-13(6-7-16(27)29)28-10-15(11(2)26-28)24-18-23-8-14(19(20,21)22)17(25-18)12-4-5-12/h8,10,12-13H,3-7,9H2,1-2H3,(H,23,24,25)/t13-/m1/s1. The van der Waals surface area contributed by atoms with Gasteiger partial charge in [0.2, 0.25) is 11.9 Å². The minimum atomic E-state index is -4.46. The fraction of sp³-hybridized carbons (Fsp3) is 0.579. The number of rotatable bonds is 5. The summed E-state index contributed by atoms with van der Waals surface area (Å²) in [5.41, 5.74) is 0.641. The maximum Gasteiger partial charge on any atom is 0.419 e. The number of carbonyl (C=O) groups excluding carboxylic acids is 1. The number of piperidine rings is 1. The molecule has 3 heterocycles. The highest BCUT2D eigenvalue weighted by molar-refractivity contribution is 5.77. The van der Waals surface area contributed by atoms with Crippen LogP contribution in [0.4, 0.5) is 24.8 Å². The Morgan fingerprint density at radius 3 is 2.69 bits per heavy atom. The van der Waals surface area contributed by atoms with Crippen molar-refractivity contribution in [3.63, 3.8) is 0 Å². The van der Waals surface area contributed by atoms with Gasteiger partial charge in [-0.15, -0.1) is 0 Å². The van der Waals surface area contributed by atoms with E-state index in [1.54, 1.807) is 4.90 Å². The third kappa shape index (κ3) is 4.06. The third-order valence-electron chi connectivity index (χ3n) is 5.48. The lowest BCUT2D eigenvalue weighted by atomic mass is 10.1. The van der Waals surface area contributed by atoms with E-state index >= 15 is 0 Å². The number of amides is 1. The molecule has 2 aromatic heterocycles. The van der Waals surface area contributed by atoms with Gasteiger partial charge >= 0.3 is 6.18 Å². The minimum absolute atomic E-state index is 0.0597. The highest BCUT2D eigenvalue weighted by Gasteiger charge is 2.40. The number of hydrogen-bond acceptors (Lipinski definition) is 5. The summed E-state index contributed by atoms with van der Waals surface area (Å²) in [4.78, 5) is 21.7. The molecule has 156 valence electrons. The lowest BCUT2D eigenvalue weighted by molar-refractivity contribution is -0.138. The van der Waals surface area contributed by atoms with Crippen molar-refractivity contribution in [1.82, 2.24) is 24.6 Å². The molecular weight excluding hydrogens is 385 g/mol. The molecule has 0 bridgehead atoms. The predicted octanol–water partition coefficient (Wildman–Crippen LogP) is 3.80. The van der Waals surface area contributed by atoms with Gasteiger partial charge in [-0.3, -0.25) is 9.48 Å². The second kappa shape index (κ2) is 7.31. The first-order valence-corrected chi connectivity index (χ1v) is 9.81. The van der Waals surface area contributed by atoms with E-state index in [4.69, 9.17) is 0 Å². The molecule has 2 aliphatic rings. The van der Waals surface area contributed by atoms with Crippen LogP contribution in [0.3, 0.4) is 0 Å². The summed E-state index contributed by atoms with van der Waals surface area (Å²) in [5, 5.41) is 7.55. The van der Waals surface area contributed by atoms with Gasteiger partial charge in [-0.25, -0.2) is 9.97 Å². The van der Waals surface area contributed by atoms with Crippen molar-refractivity contribution in [2.45, 2.75) is 57.7 Å². The van der Waals surface area contributed by atoms with Gasteiger partial charge in [-0.2, -0.15) is 18.3 Å². The van der Waals surface area contributed by atoms with Crippen molar-refractivity contribution < 1.29 is 18.0 Å². The summed E-state index contributed by atoms with van der Waals surface area (Å²) in [6, 6.07) is 0.0671. The summed E-state index contributed by atoms with van der Waals surface area (Å²) in [5.74, 6) is 0.132. The van der Waals surface area contributed by atoms with Crippen molar-refractivity contribution in [3.8, 4) is 0 Å². The van der Waals surface area contributed by atoms with E-state index < -0.39 is 11.7 Å². The number of nitrogens with zero attached hydrogens (tertiary/aromatic N) is 5. The molecule has 0 spiro atoms. The molecule has 1 amide bonds. The van der Waals surface area contributed by atoms with Crippen LogP contribution in [0.25, 0.3) is 0 Å². The first-order chi connectivity index (χ1) is 13.8. The second-order valence-electron chi connectivity index (χ2n) is 7.62. The predicted molar refractivity (Wildman–Crippen MR) is 99.8 cm³/mol. The Morgan fingerprint density at radius 1 is 1.28 bits per heavy atom. The van der Waals surface area contributed by atoms with Gasteiger partial charge in [0.15, 0.2) is 0 Å². The highest BCUT2D eigenvalue weighted by Crippen LogP contribution is 2.45. The van der Waals surface area contributed by atoms with Crippen LogP contribution in [0.5, 0.6) is 0 Å². The van der Waals surface area contributed by atoms with E-state index in [2.05, 4.69) is 20.4 Å². The zero-order valence-electron chi connectivity index (χ0n) is 16.3. The Balaban J connectivity index is 1.55. The van der Waals surface area contributed by atoms with E-state index in [9.17, 15) is 18.0 Å². The van der Waals surface area contributed by atoms with Gasteiger partial charge in [-0.1, -0.05) is 0 Å². The van der Waals surface area contributed by atoms with Gasteiger partial charge in [0, 0.05) is 37.8 Å². The highest BCUT2D eigenvalue weighted by atomic mass is 19.4. The van der Waals surface area contributed by atoms with Gasteiger partial charge in [0.05, 0.1) is 28.7 Å². The Kier molecular flexibility index (Phi) is 4.95. The molecule has 2 fully saturated rings. The van der Waals surface area contributed by atoms with E-state index in [1.165, 1.54) is 0 Å². The maximum atomic E-state index is 13.2. The summed E-state index contributed by atoms with van der Waals surface area (Å²) in [6.07, 6.45) is 0.817. The fourth-order valence-electron chi connectivity index (χ4n) is 3.67. The SMILES string of the molecule is CCN1C[C@H](n2cc(Nc3ncc(C(F)(F)F)c(C4CC4)n3)c(C)n2)CCC1=O.